The van der Waals surface area contributed by atoms with Crippen molar-refractivity contribution in [3.05, 3.63) is 63.6 Å². The fourth-order valence-electron chi connectivity index (χ4n) is 2.07. The molecule has 2 heterocycles. The average Bonchev–Trinajstić information content (AvgIpc) is 3.20. The molecule has 0 radical (unpaired) electrons. The molecule has 0 aliphatic carbocycles. The highest BCUT2D eigenvalue weighted by Gasteiger charge is 2.14. The number of hydrogen-bond acceptors (Lipinski definition) is 7. The zero-order chi connectivity index (χ0) is 16.2. The fraction of sp³-hybridized carbons (Fsp3) is 0.0667. The van der Waals surface area contributed by atoms with Gasteiger partial charge < -0.3 is 10.8 Å². The van der Waals surface area contributed by atoms with Gasteiger partial charge in [-0.05, 0) is 46.3 Å². The Morgan fingerprint density at radius 2 is 2.09 bits per heavy atom. The molecular formula is C15H13N5O2S. The summed E-state index contributed by atoms with van der Waals surface area (Å²) in [6.07, 6.45) is 1.71. The monoisotopic (exact) mass is 327 g/mol. The number of aromatic amines is 1. The summed E-state index contributed by atoms with van der Waals surface area (Å²) in [6.45, 7) is 0. The van der Waals surface area contributed by atoms with Crippen molar-refractivity contribution < 1.29 is 9.90 Å². The highest BCUT2D eigenvalue weighted by Crippen LogP contribution is 2.22. The molecule has 116 valence electrons. The van der Waals surface area contributed by atoms with Crippen LogP contribution in [0.25, 0.3) is 5.76 Å². The van der Waals surface area contributed by atoms with Crippen molar-refractivity contribution in [2.45, 2.75) is 6.42 Å². The normalized spacial score (nSPS) is 11.6. The third kappa shape index (κ3) is 3.43. The Morgan fingerprint density at radius 3 is 2.78 bits per heavy atom. The molecule has 7 nitrogen and oxygen atoms in total. The molecule has 1 aromatic carbocycles. The number of aromatic nitrogens is 4. The van der Waals surface area contributed by atoms with Crippen molar-refractivity contribution in [3.8, 4) is 0 Å². The van der Waals surface area contributed by atoms with Crippen molar-refractivity contribution >= 4 is 28.6 Å². The van der Waals surface area contributed by atoms with Crippen LogP contribution in [0.1, 0.15) is 26.6 Å². The number of H-pyrrole nitrogens is 1. The van der Waals surface area contributed by atoms with Gasteiger partial charge in [-0.3, -0.25) is 4.79 Å². The number of nitrogens with one attached hydrogen (secondary N) is 1. The van der Waals surface area contributed by atoms with Gasteiger partial charge in [0.05, 0.1) is 4.88 Å². The van der Waals surface area contributed by atoms with E-state index in [0.717, 1.165) is 17.2 Å². The van der Waals surface area contributed by atoms with Crippen molar-refractivity contribution in [3.63, 3.8) is 0 Å². The molecule has 0 unspecified atom stereocenters. The van der Waals surface area contributed by atoms with Crippen LogP contribution < -0.4 is 5.73 Å². The summed E-state index contributed by atoms with van der Waals surface area (Å²) in [5, 5.41) is 24.5. The number of nitrogens with zero attached hydrogens (tertiary/aromatic N) is 3. The van der Waals surface area contributed by atoms with Crippen molar-refractivity contribution in [2.24, 2.45) is 0 Å². The smallest absolute Gasteiger partial charge is 0.239 e. The van der Waals surface area contributed by atoms with Gasteiger partial charge in [0.25, 0.3) is 0 Å². The molecule has 0 saturated carbocycles. The number of nitrogens with two attached hydrogens (primary N) is 1. The molecule has 4 N–H and O–H groups in total. The second kappa shape index (κ2) is 6.41. The topological polar surface area (TPSA) is 118 Å². The van der Waals surface area contributed by atoms with Crippen LogP contribution in [0.15, 0.2) is 41.8 Å². The Bertz CT molecular complexity index is 837. The van der Waals surface area contributed by atoms with Gasteiger partial charge in [-0.15, -0.1) is 21.5 Å². The van der Waals surface area contributed by atoms with E-state index in [-0.39, 0.29) is 17.4 Å². The molecular weight excluding hydrogens is 314 g/mol. The number of aliphatic hydroxyl groups excluding tert-OH is 1. The second-order valence-corrected chi connectivity index (χ2v) is 5.74. The van der Waals surface area contributed by atoms with E-state index in [4.69, 9.17) is 5.73 Å². The van der Waals surface area contributed by atoms with E-state index in [1.165, 1.54) is 11.3 Å². The fourth-order valence-corrected chi connectivity index (χ4v) is 2.91. The highest BCUT2D eigenvalue weighted by molar-refractivity contribution is 7.12. The number of benzene rings is 1. The maximum absolute atomic E-state index is 12.3. The average molecular weight is 327 g/mol. The predicted octanol–water partition coefficient (Wildman–Crippen LogP) is 2.22. The number of rotatable bonds is 5. The number of nitrogen functional groups attached to an aromatic ring is 1. The molecule has 3 aromatic rings. The maximum Gasteiger partial charge on any atom is 0.239 e. The highest BCUT2D eigenvalue weighted by atomic mass is 32.1. The molecule has 0 bridgehead atoms. The Hall–Kier alpha value is -3.00. The molecule has 3 rings (SSSR count). The van der Waals surface area contributed by atoms with Crippen molar-refractivity contribution in [2.75, 3.05) is 5.73 Å². The zero-order valence-electron chi connectivity index (χ0n) is 11.9. The molecule has 0 saturated heterocycles. The number of thiophene rings is 1. The third-order valence-electron chi connectivity index (χ3n) is 3.19. The maximum atomic E-state index is 12.3. The standard InChI is InChI=1S/C15H13N5O2S/c16-11-3-1-9(2-4-11)7-10-5-6-23-14(10)12(21)8-13(22)15-17-19-20-18-15/h1-6,8,22H,7,16H2,(H,17,18,19,20). The van der Waals surface area contributed by atoms with Gasteiger partial charge in [0.2, 0.25) is 5.82 Å². The number of hydrogen-bond donors (Lipinski definition) is 3. The number of aliphatic hydroxyl groups is 1. The number of ketones is 1. The van der Waals surface area contributed by atoms with Gasteiger partial charge in [0.15, 0.2) is 11.5 Å². The summed E-state index contributed by atoms with van der Waals surface area (Å²) in [5.74, 6) is -0.640. The Morgan fingerprint density at radius 1 is 1.30 bits per heavy atom. The van der Waals surface area contributed by atoms with Gasteiger partial charge in [-0.2, -0.15) is 5.21 Å². The van der Waals surface area contributed by atoms with Crippen LogP contribution in [0, 0.1) is 0 Å². The Balaban J connectivity index is 1.81. The lowest BCUT2D eigenvalue weighted by atomic mass is 10.0. The molecule has 2 aromatic heterocycles. The largest absolute Gasteiger partial charge is 0.504 e. The number of anilines is 1. The predicted molar refractivity (Wildman–Crippen MR) is 87.1 cm³/mol. The first kappa shape index (κ1) is 14.9. The van der Waals surface area contributed by atoms with Crippen LogP contribution in [-0.4, -0.2) is 31.5 Å². The van der Waals surface area contributed by atoms with E-state index < -0.39 is 0 Å². The van der Waals surface area contributed by atoms with Gasteiger partial charge in [0.1, 0.15) is 0 Å². The number of carbonyl (C=O) groups excluding carboxylic acids is 1. The lowest BCUT2D eigenvalue weighted by Crippen LogP contribution is -2.00. The van der Waals surface area contributed by atoms with E-state index in [1.807, 2.05) is 35.7 Å². The Labute approximate surface area is 135 Å². The third-order valence-corrected chi connectivity index (χ3v) is 4.16. The number of tetrazole rings is 1. The van der Waals surface area contributed by atoms with Gasteiger partial charge >= 0.3 is 0 Å². The van der Waals surface area contributed by atoms with Crippen LogP contribution in [0.5, 0.6) is 0 Å². The van der Waals surface area contributed by atoms with E-state index in [2.05, 4.69) is 20.6 Å². The van der Waals surface area contributed by atoms with Crippen LogP contribution >= 0.6 is 11.3 Å². The van der Waals surface area contributed by atoms with Gasteiger partial charge in [0, 0.05) is 11.8 Å². The van der Waals surface area contributed by atoms with Crippen LogP contribution in [0.2, 0.25) is 0 Å². The SMILES string of the molecule is Nc1ccc(Cc2ccsc2C(=O)C=C(O)c2nn[nH]n2)cc1. The molecule has 0 fully saturated rings. The van der Waals surface area contributed by atoms with Crippen LogP contribution in [0.4, 0.5) is 5.69 Å². The van der Waals surface area contributed by atoms with Gasteiger partial charge in [-0.25, -0.2) is 0 Å². The molecule has 0 amide bonds. The number of carbonyl (C=O) groups is 1. The van der Waals surface area contributed by atoms with Crippen LogP contribution in [0.3, 0.4) is 0 Å². The van der Waals surface area contributed by atoms with Crippen molar-refractivity contribution in [1.82, 2.24) is 20.6 Å². The summed E-state index contributed by atoms with van der Waals surface area (Å²) in [5.41, 5.74) is 8.31. The minimum absolute atomic E-state index is 0.0185. The Kier molecular flexibility index (Phi) is 4.15. The minimum Gasteiger partial charge on any atom is -0.504 e. The summed E-state index contributed by atoms with van der Waals surface area (Å²) in [4.78, 5) is 12.9. The lowest BCUT2D eigenvalue weighted by Gasteiger charge is -2.03. The first-order valence-electron chi connectivity index (χ1n) is 6.73. The summed E-state index contributed by atoms with van der Waals surface area (Å²) >= 11 is 1.33. The van der Waals surface area contributed by atoms with Crippen molar-refractivity contribution in [1.29, 1.82) is 0 Å². The van der Waals surface area contributed by atoms with E-state index >= 15 is 0 Å². The minimum atomic E-state index is -0.324. The molecule has 23 heavy (non-hydrogen) atoms. The molecule has 0 atom stereocenters. The summed E-state index contributed by atoms with van der Waals surface area (Å²) in [7, 11) is 0. The van der Waals surface area contributed by atoms with E-state index in [0.29, 0.717) is 17.0 Å². The molecule has 0 spiro atoms. The van der Waals surface area contributed by atoms with E-state index in [1.54, 1.807) is 0 Å². The number of allylic oxidation sites excluding steroid dienone is 1. The zero-order valence-corrected chi connectivity index (χ0v) is 12.7. The first-order valence-corrected chi connectivity index (χ1v) is 7.61. The second-order valence-electron chi connectivity index (χ2n) is 4.82. The molecule has 8 heteroatoms. The molecule has 0 aliphatic rings. The summed E-state index contributed by atoms with van der Waals surface area (Å²) in [6, 6.07) is 9.39. The molecule has 0 aliphatic heterocycles. The van der Waals surface area contributed by atoms with Crippen LogP contribution in [-0.2, 0) is 6.42 Å². The lowest BCUT2D eigenvalue weighted by molar-refractivity contribution is 0.104. The summed E-state index contributed by atoms with van der Waals surface area (Å²) < 4.78 is 0. The van der Waals surface area contributed by atoms with Gasteiger partial charge in [-0.1, -0.05) is 12.1 Å². The van der Waals surface area contributed by atoms with E-state index in [9.17, 15) is 9.90 Å². The first-order chi connectivity index (χ1) is 11.1. The quantitative estimate of drug-likeness (QED) is 0.286.